The Morgan fingerprint density at radius 3 is 2.65 bits per heavy atom. The average molecular weight is 380 g/mol. The summed E-state index contributed by atoms with van der Waals surface area (Å²) in [7, 11) is -3.57. The maximum absolute atomic E-state index is 12.7. The third-order valence-corrected chi connectivity index (χ3v) is 5.80. The number of hydrogen-bond donors (Lipinski definition) is 1. The van der Waals surface area contributed by atoms with Crippen molar-refractivity contribution >= 4 is 27.6 Å². The lowest BCUT2D eigenvalue weighted by atomic mass is 10.2. The number of rotatable bonds is 7. The molecule has 1 aliphatic rings. The van der Waals surface area contributed by atoms with Crippen molar-refractivity contribution in [2.24, 2.45) is 0 Å². The quantitative estimate of drug-likeness (QED) is 0.579. The summed E-state index contributed by atoms with van der Waals surface area (Å²) in [5.74, 6) is -1.13. The molecule has 7 nitrogen and oxygen atoms in total. The number of hydrogen-bond acceptors (Lipinski definition) is 5. The average Bonchev–Trinajstić information content (AvgIpc) is 2.65. The molecule has 0 aromatic heterocycles. The number of piperidine rings is 1. The molecular formula is C18H24N2O5S. The van der Waals surface area contributed by atoms with Crippen molar-refractivity contribution in [3.63, 3.8) is 0 Å². The van der Waals surface area contributed by atoms with Gasteiger partial charge in [-0.1, -0.05) is 25.5 Å². The summed E-state index contributed by atoms with van der Waals surface area (Å²) in [5, 5.41) is 2.55. The van der Waals surface area contributed by atoms with Gasteiger partial charge in [-0.25, -0.2) is 13.2 Å². The van der Waals surface area contributed by atoms with Crippen molar-refractivity contribution in [1.82, 2.24) is 4.31 Å². The molecule has 8 heteroatoms. The summed E-state index contributed by atoms with van der Waals surface area (Å²) in [6.07, 6.45) is 6.34. The summed E-state index contributed by atoms with van der Waals surface area (Å²) >= 11 is 0. The highest BCUT2D eigenvalue weighted by atomic mass is 32.2. The number of esters is 1. The largest absolute Gasteiger partial charge is 0.452 e. The third kappa shape index (κ3) is 5.67. The topological polar surface area (TPSA) is 92.8 Å². The Hall–Kier alpha value is -2.19. The van der Waals surface area contributed by atoms with Crippen LogP contribution >= 0.6 is 0 Å². The van der Waals surface area contributed by atoms with Crippen LogP contribution in [0.1, 0.15) is 32.6 Å². The number of benzene rings is 1. The van der Waals surface area contributed by atoms with Crippen molar-refractivity contribution in [3.8, 4) is 0 Å². The fourth-order valence-electron chi connectivity index (χ4n) is 2.58. The second kappa shape index (κ2) is 9.49. The normalized spacial score (nSPS) is 15.7. The lowest BCUT2D eigenvalue weighted by Gasteiger charge is -2.26. The minimum Gasteiger partial charge on any atom is -0.452 e. The molecule has 0 saturated carbocycles. The van der Waals surface area contributed by atoms with Crippen LogP contribution in [0.5, 0.6) is 0 Å². The van der Waals surface area contributed by atoms with Crippen molar-refractivity contribution in [1.29, 1.82) is 0 Å². The van der Waals surface area contributed by atoms with E-state index in [2.05, 4.69) is 5.32 Å². The van der Waals surface area contributed by atoms with E-state index in [9.17, 15) is 18.0 Å². The molecule has 1 aromatic rings. The first-order chi connectivity index (χ1) is 12.4. The van der Waals surface area contributed by atoms with E-state index in [4.69, 9.17) is 4.74 Å². The Labute approximate surface area is 154 Å². The molecule has 1 fully saturated rings. The second-order valence-electron chi connectivity index (χ2n) is 5.96. The molecule has 1 aromatic carbocycles. The Morgan fingerprint density at radius 1 is 1.23 bits per heavy atom. The first-order valence-corrected chi connectivity index (χ1v) is 10.1. The molecule has 0 unspecified atom stereocenters. The summed E-state index contributed by atoms with van der Waals surface area (Å²) in [4.78, 5) is 23.4. The lowest BCUT2D eigenvalue weighted by molar-refractivity contribution is -0.142. The summed E-state index contributed by atoms with van der Waals surface area (Å²) in [6.45, 7) is 2.47. The van der Waals surface area contributed by atoms with Crippen LogP contribution in [-0.2, 0) is 24.3 Å². The SMILES string of the molecule is CC/C=C/C(=O)OCC(=O)Nc1cccc(S(=O)(=O)N2CCCCC2)c1. The number of nitrogens with one attached hydrogen (secondary N) is 1. The van der Waals surface area contributed by atoms with E-state index < -0.39 is 28.5 Å². The van der Waals surface area contributed by atoms with Gasteiger partial charge >= 0.3 is 5.97 Å². The molecule has 1 aliphatic heterocycles. The van der Waals surface area contributed by atoms with Crippen LogP contribution in [-0.4, -0.2) is 44.3 Å². The predicted octanol–water partition coefficient (Wildman–Crippen LogP) is 2.31. The Balaban J connectivity index is 1.99. The van der Waals surface area contributed by atoms with Gasteiger partial charge < -0.3 is 10.1 Å². The van der Waals surface area contributed by atoms with Gasteiger partial charge in [-0.15, -0.1) is 0 Å². The number of allylic oxidation sites excluding steroid dienone is 1. The number of sulfonamides is 1. The number of ether oxygens (including phenoxy) is 1. The Bertz CT molecular complexity index is 768. The summed E-state index contributed by atoms with van der Waals surface area (Å²) in [6, 6.07) is 6.09. The van der Waals surface area contributed by atoms with E-state index >= 15 is 0 Å². The van der Waals surface area contributed by atoms with Crippen LogP contribution in [0.25, 0.3) is 0 Å². The molecule has 0 radical (unpaired) electrons. The minimum atomic E-state index is -3.57. The van der Waals surface area contributed by atoms with Crippen molar-refractivity contribution in [2.45, 2.75) is 37.5 Å². The molecular weight excluding hydrogens is 356 g/mol. The predicted molar refractivity (Wildman–Crippen MR) is 98.1 cm³/mol. The van der Waals surface area contributed by atoms with Gasteiger partial charge in [-0.05, 0) is 37.5 Å². The van der Waals surface area contributed by atoms with Gasteiger partial charge in [0.05, 0.1) is 4.90 Å². The maximum atomic E-state index is 12.7. The van der Waals surface area contributed by atoms with Crippen LogP contribution in [0.4, 0.5) is 5.69 Å². The minimum absolute atomic E-state index is 0.139. The van der Waals surface area contributed by atoms with Crippen molar-refractivity contribution < 1.29 is 22.7 Å². The zero-order valence-corrected chi connectivity index (χ0v) is 15.6. The fourth-order valence-corrected chi connectivity index (χ4v) is 4.15. The first-order valence-electron chi connectivity index (χ1n) is 8.67. The molecule has 142 valence electrons. The third-order valence-electron chi connectivity index (χ3n) is 3.91. The van der Waals surface area contributed by atoms with Crippen LogP contribution in [0.15, 0.2) is 41.3 Å². The highest BCUT2D eigenvalue weighted by Gasteiger charge is 2.26. The number of anilines is 1. The molecule has 0 aliphatic carbocycles. The van der Waals surface area contributed by atoms with Gasteiger partial charge in [0.25, 0.3) is 5.91 Å². The first kappa shape index (κ1) is 20.1. The van der Waals surface area contributed by atoms with E-state index in [1.807, 2.05) is 6.92 Å². The van der Waals surface area contributed by atoms with Gasteiger partial charge in [0.2, 0.25) is 10.0 Å². The fraction of sp³-hybridized carbons (Fsp3) is 0.444. The van der Waals surface area contributed by atoms with E-state index in [0.717, 1.165) is 19.3 Å². The number of carbonyl (C=O) groups is 2. The Morgan fingerprint density at radius 2 is 1.96 bits per heavy atom. The van der Waals surface area contributed by atoms with E-state index in [1.165, 1.54) is 22.5 Å². The lowest BCUT2D eigenvalue weighted by Crippen LogP contribution is -2.35. The van der Waals surface area contributed by atoms with Crippen LogP contribution in [0, 0.1) is 0 Å². The summed E-state index contributed by atoms with van der Waals surface area (Å²) in [5.41, 5.74) is 0.341. The molecule has 2 rings (SSSR count). The van der Waals surface area contributed by atoms with Crippen LogP contribution in [0.3, 0.4) is 0 Å². The molecule has 0 bridgehead atoms. The smallest absolute Gasteiger partial charge is 0.330 e. The highest BCUT2D eigenvalue weighted by molar-refractivity contribution is 7.89. The molecule has 26 heavy (non-hydrogen) atoms. The molecule has 0 spiro atoms. The highest BCUT2D eigenvalue weighted by Crippen LogP contribution is 2.22. The van der Waals surface area contributed by atoms with Gasteiger partial charge in [0, 0.05) is 24.9 Å². The maximum Gasteiger partial charge on any atom is 0.330 e. The second-order valence-corrected chi connectivity index (χ2v) is 7.90. The number of carbonyl (C=O) groups excluding carboxylic acids is 2. The van der Waals surface area contributed by atoms with E-state index in [-0.39, 0.29) is 4.90 Å². The van der Waals surface area contributed by atoms with Gasteiger partial charge in [-0.2, -0.15) is 4.31 Å². The molecule has 1 amide bonds. The monoisotopic (exact) mass is 380 g/mol. The Kier molecular flexibility index (Phi) is 7.35. The molecule has 0 atom stereocenters. The zero-order chi connectivity index (χ0) is 19.0. The van der Waals surface area contributed by atoms with Gasteiger partial charge in [0.1, 0.15) is 0 Å². The van der Waals surface area contributed by atoms with Crippen molar-refractivity contribution in [2.75, 3.05) is 25.0 Å². The summed E-state index contributed by atoms with van der Waals surface area (Å²) < 4.78 is 31.6. The van der Waals surface area contributed by atoms with Crippen LogP contribution < -0.4 is 5.32 Å². The molecule has 1 N–H and O–H groups in total. The van der Waals surface area contributed by atoms with E-state index in [0.29, 0.717) is 25.2 Å². The number of amides is 1. The van der Waals surface area contributed by atoms with Crippen LogP contribution in [0.2, 0.25) is 0 Å². The standard InChI is InChI=1S/C18H24N2O5S/c1-2-3-10-18(22)25-14-17(21)19-15-8-7-9-16(13-15)26(23,24)20-11-5-4-6-12-20/h3,7-10,13H,2,4-6,11-12,14H2,1H3,(H,19,21)/b10-3+. The van der Waals surface area contributed by atoms with E-state index in [1.54, 1.807) is 18.2 Å². The zero-order valence-electron chi connectivity index (χ0n) is 14.8. The van der Waals surface area contributed by atoms with Gasteiger partial charge in [-0.3, -0.25) is 4.79 Å². The van der Waals surface area contributed by atoms with Crippen molar-refractivity contribution in [3.05, 3.63) is 36.4 Å². The molecule has 1 saturated heterocycles. The number of nitrogens with zero attached hydrogens (tertiary/aromatic N) is 1. The molecule has 1 heterocycles. The van der Waals surface area contributed by atoms with Gasteiger partial charge in [0.15, 0.2) is 6.61 Å².